The Kier molecular flexibility index (Phi) is 3.37. The molecule has 0 radical (unpaired) electrons. The number of benzene rings is 1. The summed E-state index contributed by atoms with van der Waals surface area (Å²) in [5.41, 5.74) is 5.07. The lowest BCUT2D eigenvalue weighted by atomic mass is 10.1. The van der Waals surface area contributed by atoms with Crippen LogP contribution in [-0.4, -0.2) is 10.9 Å². The zero-order valence-electron chi connectivity index (χ0n) is 11.0. The van der Waals surface area contributed by atoms with Crippen LogP contribution >= 0.6 is 11.3 Å². The van der Waals surface area contributed by atoms with Crippen LogP contribution in [0.2, 0.25) is 0 Å². The molecule has 2 aromatic heterocycles. The fraction of sp³-hybridized carbons (Fsp3) is 0.0667. The second-order valence-electron chi connectivity index (χ2n) is 4.66. The summed E-state index contributed by atoms with van der Waals surface area (Å²) in [6, 6.07) is 8.40. The second kappa shape index (κ2) is 5.10. The molecule has 0 spiro atoms. The fourth-order valence-corrected chi connectivity index (χ4v) is 3.13. The topological polar surface area (TPSA) is 56.0 Å². The summed E-state index contributed by atoms with van der Waals surface area (Å²) >= 11 is 1.29. The molecule has 112 valence electrons. The number of fused-ring (bicyclic) bond motifs is 1. The predicted octanol–water partition coefficient (Wildman–Crippen LogP) is 4.08. The average molecular weight is 322 g/mol. The number of carbonyl (C=O) groups is 1. The van der Waals surface area contributed by atoms with Gasteiger partial charge in [0.1, 0.15) is 5.69 Å². The van der Waals surface area contributed by atoms with Crippen LogP contribution in [0.15, 0.2) is 42.6 Å². The number of halogens is 3. The zero-order chi connectivity index (χ0) is 15.9. The molecule has 0 aliphatic carbocycles. The molecule has 1 amide bonds. The van der Waals surface area contributed by atoms with E-state index in [4.69, 9.17) is 5.73 Å². The summed E-state index contributed by atoms with van der Waals surface area (Å²) in [6.45, 7) is 0. The number of rotatable bonds is 2. The summed E-state index contributed by atoms with van der Waals surface area (Å²) in [7, 11) is 0. The van der Waals surface area contributed by atoms with E-state index in [1.54, 1.807) is 18.2 Å². The highest BCUT2D eigenvalue weighted by atomic mass is 32.1. The molecule has 7 heteroatoms. The van der Waals surface area contributed by atoms with E-state index in [1.807, 2.05) is 0 Å². The lowest BCUT2D eigenvalue weighted by molar-refractivity contribution is -0.137. The first-order valence-electron chi connectivity index (χ1n) is 6.21. The molecule has 0 bridgehead atoms. The van der Waals surface area contributed by atoms with Crippen LogP contribution in [0.25, 0.3) is 20.5 Å². The van der Waals surface area contributed by atoms with E-state index in [0.29, 0.717) is 10.4 Å². The number of carbonyl (C=O) groups excluding carboxylic acids is 1. The molecule has 0 aliphatic heterocycles. The van der Waals surface area contributed by atoms with Gasteiger partial charge in [0.2, 0.25) is 0 Å². The number of pyridine rings is 1. The molecular weight excluding hydrogens is 313 g/mol. The van der Waals surface area contributed by atoms with Gasteiger partial charge in [-0.3, -0.25) is 9.78 Å². The van der Waals surface area contributed by atoms with Gasteiger partial charge in [-0.2, -0.15) is 13.2 Å². The molecule has 0 atom stereocenters. The van der Waals surface area contributed by atoms with Crippen molar-refractivity contribution >= 4 is 27.3 Å². The van der Waals surface area contributed by atoms with E-state index >= 15 is 0 Å². The lowest BCUT2D eigenvalue weighted by Crippen LogP contribution is -2.12. The van der Waals surface area contributed by atoms with Gasteiger partial charge in [0, 0.05) is 21.2 Å². The summed E-state index contributed by atoms with van der Waals surface area (Å²) < 4.78 is 39.1. The van der Waals surface area contributed by atoms with Gasteiger partial charge in [-0.15, -0.1) is 11.3 Å². The number of nitrogens with two attached hydrogens (primary N) is 1. The van der Waals surface area contributed by atoms with Crippen molar-refractivity contribution in [2.75, 3.05) is 0 Å². The highest BCUT2D eigenvalue weighted by molar-refractivity contribution is 7.22. The fourth-order valence-electron chi connectivity index (χ4n) is 2.06. The van der Waals surface area contributed by atoms with E-state index in [2.05, 4.69) is 4.98 Å². The Morgan fingerprint density at radius 1 is 1.18 bits per heavy atom. The molecule has 22 heavy (non-hydrogen) atoms. The molecule has 3 aromatic rings. The number of aromatic nitrogens is 1. The Hall–Kier alpha value is -2.41. The number of hydrogen-bond acceptors (Lipinski definition) is 3. The summed E-state index contributed by atoms with van der Waals surface area (Å²) in [5.74, 6) is -0.643. The van der Waals surface area contributed by atoms with Crippen molar-refractivity contribution in [2.45, 2.75) is 6.18 Å². The summed E-state index contributed by atoms with van der Waals surface area (Å²) in [5, 5.41) is 0.752. The highest BCUT2D eigenvalue weighted by Gasteiger charge is 2.30. The van der Waals surface area contributed by atoms with E-state index < -0.39 is 17.6 Å². The van der Waals surface area contributed by atoms with Gasteiger partial charge in [0.25, 0.3) is 5.91 Å². The van der Waals surface area contributed by atoms with Crippen molar-refractivity contribution in [3.05, 3.63) is 53.9 Å². The molecular formula is C15H9F3N2OS. The molecule has 0 aliphatic rings. The van der Waals surface area contributed by atoms with Crippen LogP contribution in [0.5, 0.6) is 0 Å². The number of amides is 1. The largest absolute Gasteiger partial charge is 0.416 e. The standard InChI is InChI=1S/C15H9F3N2OS/c16-15(17,18)10-3-1-2-8(4-10)12-5-9-7-20-11(14(19)21)6-13(9)22-12/h1-7H,(H2,19,21). The third-order valence-corrected chi connectivity index (χ3v) is 4.28. The first-order valence-corrected chi connectivity index (χ1v) is 7.03. The Labute approximate surface area is 127 Å². The van der Waals surface area contributed by atoms with Crippen LogP contribution in [0.3, 0.4) is 0 Å². The summed E-state index contributed by atoms with van der Waals surface area (Å²) in [6.07, 6.45) is -2.89. The molecule has 0 unspecified atom stereocenters. The average Bonchev–Trinajstić information content (AvgIpc) is 2.89. The van der Waals surface area contributed by atoms with Crippen molar-refractivity contribution in [3.63, 3.8) is 0 Å². The van der Waals surface area contributed by atoms with Crippen LogP contribution in [0.4, 0.5) is 13.2 Å². The third kappa shape index (κ3) is 2.67. The number of nitrogens with zero attached hydrogens (tertiary/aromatic N) is 1. The van der Waals surface area contributed by atoms with Gasteiger partial charge >= 0.3 is 6.18 Å². The van der Waals surface area contributed by atoms with Crippen molar-refractivity contribution < 1.29 is 18.0 Å². The number of thiophene rings is 1. The normalized spacial score (nSPS) is 11.8. The molecule has 0 saturated heterocycles. The number of hydrogen-bond donors (Lipinski definition) is 1. The Bertz CT molecular complexity index is 871. The van der Waals surface area contributed by atoms with Gasteiger partial charge in [0.05, 0.1) is 5.56 Å². The van der Waals surface area contributed by atoms with Gasteiger partial charge in [-0.05, 0) is 29.8 Å². The maximum Gasteiger partial charge on any atom is 0.416 e. The van der Waals surface area contributed by atoms with Crippen molar-refractivity contribution in [3.8, 4) is 10.4 Å². The maximum absolute atomic E-state index is 12.8. The molecule has 1 aromatic carbocycles. The monoisotopic (exact) mass is 322 g/mol. The van der Waals surface area contributed by atoms with Crippen LogP contribution < -0.4 is 5.73 Å². The van der Waals surface area contributed by atoms with Crippen LogP contribution in [-0.2, 0) is 6.18 Å². The molecule has 3 rings (SSSR count). The first kappa shape index (κ1) is 14.5. The van der Waals surface area contributed by atoms with Gasteiger partial charge in [-0.25, -0.2) is 0 Å². The first-order chi connectivity index (χ1) is 10.3. The van der Waals surface area contributed by atoms with Gasteiger partial charge in [-0.1, -0.05) is 12.1 Å². The molecule has 3 nitrogen and oxygen atoms in total. The van der Waals surface area contributed by atoms with E-state index in [9.17, 15) is 18.0 Å². The molecule has 2 heterocycles. The lowest BCUT2D eigenvalue weighted by Gasteiger charge is -2.07. The Morgan fingerprint density at radius 3 is 2.64 bits per heavy atom. The molecule has 0 saturated carbocycles. The Morgan fingerprint density at radius 2 is 1.95 bits per heavy atom. The zero-order valence-corrected chi connectivity index (χ0v) is 11.8. The quantitative estimate of drug-likeness (QED) is 0.773. The maximum atomic E-state index is 12.8. The molecule has 0 fully saturated rings. The minimum atomic E-state index is -4.38. The SMILES string of the molecule is NC(=O)c1cc2sc(-c3cccc(C(F)(F)F)c3)cc2cn1. The third-order valence-electron chi connectivity index (χ3n) is 3.13. The van der Waals surface area contributed by atoms with Crippen LogP contribution in [0.1, 0.15) is 16.1 Å². The van der Waals surface area contributed by atoms with Gasteiger partial charge < -0.3 is 5.73 Å². The smallest absolute Gasteiger partial charge is 0.364 e. The second-order valence-corrected chi connectivity index (χ2v) is 5.74. The van der Waals surface area contributed by atoms with Crippen molar-refractivity contribution in [2.24, 2.45) is 5.73 Å². The predicted molar refractivity (Wildman–Crippen MR) is 78.6 cm³/mol. The van der Waals surface area contributed by atoms with Crippen LogP contribution in [0, 0.1) is 0 Å². The molecule has 2 N–H and O–H groups in total. The minimum absolute atomic E-state index is 0.130. The van der Waals surface area contributed by atoms with E-state index in [-0.39, 0.29) is 5.69 Å². The highest BCUT2D eigenvalue weighted by Crippen LogP contribution is 2.36. The summed E-state index contributed by atoms with van der Waals surface area (Å²) in [4.78, 5) is 15.7. The number of alkyl halides is 3. The Balaban J connectivity index is 2.09. The van der Waals surface area contributed by atoms with Gasteiger partial charge in [0.15, 0.2) is 0 Å². The number of primary amides is 1. The van der Waals surface area contributed by atoms with Crippen molar-refractivity contribution in [1.82, 2.24) is 4.98 Å². The van der Waals surface area contributed by atoms with Crippen molar-refractivity contribution in [1.29, 1.82) is 0 Å². The van der Waals surface area contributed by atoms with E-state index in [0.717, 1.165) is 22.2 Å². The minimum Gasteiger partial charge on any atom is -0.364 e. The van der Waals surface area contributed by atoms with E-state index in [1.165, 1.54) is 23.6 Å².